The molecule has 1 aromatic carbocycles. The van der Waals surface area contributed by atoms with Crippen LogP contribution < -0.4 is 0 Å². The van der Waals surface area contributed by atoms with E-state index in [0.29, 0.717) is 12.8 Å². The van der Waals surface area contributed by atoms with Gasteiger partial charge in [-0.1, -0.05) is 30.3 Å². The number of fused-ring (bicyclic) bond motifs is 1. The van der Waals surface area contributed by atoms with E-state index in [4.69, 9.17) is 4.74 Å². The Morgan fingerprint density at radius 3 is 2.48 bits per heavy atom. The fraction of sp³-hybridized carbons (Fsp3) is 0.600. The van der Waals surface area contributed by atoms with Crippen LogP contribution in [0.4, 0.5) is 4.39 Å². The summed E-state index contributed by atoms with van der Waals surface area (Å²) in [6.45, 7) is 7.24. The molecule has 4 nitrogen and oxygen atoms in total. The number of halogens is 1. The summed E-state index contributed by atoms with van der Waals surface area (Å²) in [5, 5.41) is 0. The monoisotopic (exact) mass is 347 g/mol. The van der Waals surface area contributed by atoms with Gasteiger partial charge in [0, 0.05) is 6.54 Å². The number of benzene rings is 1. The third-order valence-corrected chi connectivity index (χ3v) is 5.46. The summed E-state index contributed by atoms with van der Waals surface area (Å²) >= 11 is 0. The maximum absolute atomic E-state index is 15.8. The largest absolute Gasteiger partial charge is 0.459 e. The molecule has 1 aromatic rings. The average Bonchev–Trinajstić information content (AvgIpc) is 2.99. The third-order valence-electron chi connectivity index (χ3n) is 5.46. The van der Waals surface area contributed by atoms with Gasteiger partial charge in [-0.3, -0.25) is 9.59 Å². The van der Waals surface area contributed by atoms with Crippen molar-refractivity contribution in [1.82, 2.24) is 4.90 Å². The molecule has 0 unspecified atom stereocenters. The van der Waals surface area contributed by atoms with Crippen molar-refractivity contribution in [3.8, 4) is 0 Å². The Hall–Kier alpha value is -1.91. The molecule has 1 amide bonds. The molecular formula is C20H26FNO3. The second-order valence-corrected chi connectivity index (χ2v) is 8.26. The normalized spacial score (nSPS) is 30.3. The van der Waals surface area contributed by atoms with E-state index >= 15 is 4.39 Å². The molecule has 25 heavy (non-hydrogen) atoms. The molecule has 3 rings (SSSR count). The molecular weight excluding hydrogens is 321 g/mol. The summed E-state index contributed by atoms with van der Waals surface area (Å²) < 4.78 is 21.3. The number of ether oxygens (including phenoxy) is 1. The Balaban J connectivity index is 1.94. The predicted molar refractivity (Wildman–Crippen MR) is 92.5 cm³/mol. The van der Waals surface area contributed by atoms with Crippen LogP contribution in [0.5, 0.6) is 0 Å². The highest BCUT2D eigenvalue weighted by Gasteiger charge is 2.72. The smallest absolute Gasteiger partial charge is 0.318 e. The lowest BCUT2D eigenvalue weighted by Gasteiger charge is -2.32. The van der Waals surface area contributed by atoms with Crippen LogP contribution in [0.3, 0.4) is 0 Å². The molecule has 136 valence electrons. The number of alkyl halides is 1. The highest BCUT2D eigenvalue weighted by molar-refractivity contribution is 5.98. The van der Waals surface area contributed by atoms with E-state index in [2.05, 4.69) is 0 Å². The fourth-order valence-corrected chi connectivity index (χ4v) is 4.11. The maximum Gasteiger partial charge on any atom is 0.318 e. The van der Waals surface area contributed by atoms with E-state index in [9.17, 15) is 9.59 Å². The zero-order chi connectivity index (χ0) is 18.5. The number of likely N-dealkylation sites (tertiary alicyclic amines) is 1. The van der Waals surface area contributed by atoms with Gasteiger partial charge in [-0.15, -0.1) is 0 Å². The first-order chi connectivity index (χ1) is 11.6. The van der Waals surface area contributed by atoms with Crippen molar-refractivity contribution in [2.24, 2.45) is 5.41 Å². The number of hydrogen-bond acceptors (Lipinski definition) is 3. The fourth-order valence-electron chi connectivity index (χ4n) is 4.11. The van der Waals surface area contributed by atoms with Gasteiger partial charge in [-0.05, 0) is 52.5 Å². The van der Waals surface area contributed by atoms with Crippen LogP contribution in [-0.2, 0) is 14.3 Å². The van der Waals surface area contributed by atoms with Crippen molar-refractivity contribution in [3.05, 3.63) is 35.9 Å². The Morgan fingerprint density at radius 1 is 1.24 bits per heavy atom. The first kappa shape index (κ1) is 17.9. The van der Waals surface area contributed by atoms with Crippen LogP contribution in [0.15, 0.2) is 30.3 Å². The molecule has 0 radical (unpaired) electrons. The van der Waals surface area contributed by atoms with Crippen LogP contribution in [0.25, 0.3) is 0 Å². The molecule has 3 atom stereocenters. The summed E-state index contributed by atoms with van der Waals surface area (Å²) in [6.07, 6.45) is 0.959. The minimum atomic E-state index is -2.15. The van der Waals surface area contributed by atoms with Gasteiger partial charge in [-0.2, -0.15) is 0 Å². The summed E-state index contributed by atoms with van der Waals surface area (Å²) in [5.41, 5.74) is -3.32. The van der Waals surface area contributed by atoms with E-state index in [1.165, 1.54) is 4.90 Å². The van der Waals surface area contributed by atoms with Gasteiger partial charge in [-0.25, -0.2) is 4.39 Å². The lowest BCUT2D eigenvalue weighted by molar-refractivity contribution is -0.174. The average molecular weight is 347 g/mol. The number of nitrogens with zero attached hydrogens (tertiary/aromatic N) is 1. The molecule has 0 N–H and O–H groups in total. The minimum absolute atomic E-state index is 0.0767. The van der Waals surface area contributed by atoms with Crippen molar-refractivity contribution in [1.29, 1.82) is 0 Å². The molecule has 1 aliphatic carbocycles. The molecule has 2 aliphatic rings. The first-order valence-electron chi connectivity index (χ1n) is 8.89. The van der Waals surface area contributed by atoms with Gasteiger partial charge in [0.25, 0.3) is 5.91 Å². The van der Waals surface area contributed by atoms with E-state index in [1.807, 2.05) is 37.3 Å². The molecule has 0 bridgehead atoms. The molecule has 0 aromatic heterocycles. The SMILES string of the molecule is C[C@H](c1ccccc1)N1C[C@]2(C(=O)OC(C)(C)C)CCC[C@]2(F)C1=O. The van der Waals surface area contributed by atoms with Gasteiger partial charge < -0.3 is 9.64 Å². The molecule has 2 fully saturated rings. The number of hydrogen-bond donors (Lipinski definition) is 0. The van der Waals surface area contributed by atoms with Crippen molar-refractivity contribution in [2.45, 2.75) is 64.3 Å². The summed E-state index contributed by atoms with van der Waals surface area (Å²) in [4.78, 5) is 27.3. The second-order valence-electron chi connectivity index (χ2n) is 8.26. The van der Waals surface area contributed by atoms with Gasteiger partial charge >= 0.3 is 5.97 Å². The van der Waals surface area contributed by atoms with E-state index < -0.39 is 28.6 Å². The summed E-state index contributed by atoms with van der Waals surface area (Å²) in [7, 11) is 0. The highest BCUT2D eigenvalue weighted by atomic mass is 19.1. The minimum Gasteiger partial charge on any atom is -0.459 e. The quantitative estimate of drug-likeness (QED) is 0.781. The van der Waals surface area contributed by atoms with Gasteiger partial charge in [0.2, 0.25) is 5.67 Å². The highest BCUT2D eigenvalue weighted by Crippen LogP contribution is 2.57. The predicted octanol–water partition coefficient (Wildman–Crippen LogP) is 3.81. The number of esters is 1. The van der Waals surface area contributed by atoms with Gasteiger partial charge in [0.15, 0.2) is 0 Å². The number of carbonyl (C=O) groups is 2. The van der Waals surface area contributed by atoms with Crippen LogP contribution in [0.1, 0.15) is 58.6 Å². The molecule has 5 heteroatoms. The lowest BCUT2D eigenvalue weighted by atomic mass is 9.78. The molecule has 1 heterocycles. The second kappa shape index (κ2) is 5.82. The Morgan fingerprint density at radius 2 is 1.88 bits per heavy atom. The van der Waals surface area contributed by atoms with Crippen LogP contribution >= 0.6 is 0 Å². The van der Waals surface area contributed by atoms with Crippen molar-refractivity contribution in [2.75, 3.05) is 6.54 Å². The molecule has 1 saturated heterocycles. The van der Waals surface area contributed by atoms with Crippen LogP contribution in [-0.4, -0.2) is 34.6 Å². The Kier molecular flexibility index (Phi) is 4.17. The zero-order valence-electron chi connectivity index (χ0n) is 15.3. The van der Waals surface area contributed by atoms with E-state index in [0.717, 1.165) is 5.56 Å². The number of amides is 1. The van der Waals surface area contributed by atoms with Crippen LogP contribution in [0, 0.1) is 5.41 Å². The first-order valence-corrected chi connectivity index (χ1v) is 8.89. The standard InChI is InChI=1S/C20H26FNO3/c1-14(15-9-6-5-7-10-15)22-13-19(17(24)25-18(2,3)4)11-8-12-20(19,21)16(22)23/h5-7,9-10,14H,8,11-13H2,1-4H3/t14-,19+,20+/m1/s1. The van der Waals surface area contributed by atoms with E-state index in [1.54, 1.807) is 20.8 Å². The molecule has 1 saturated carbocycles. The summed E-state index contributed by atoms with van der Waals surface area (Å²) in [6, 6.07) is 9.22. The molecule has 1 aliphatic heterocycles. The third kappa shape index (κ3) is 2.74. The maximum atomic E-state index is 15.8. The summed E-state index contributed by atoms with van der Waals surface area (Å²) in [5.74, 6) is -1.16. The van der Waals surface area contributed by atoms with Crippen molar-refractivity contribution in [3.63, 3.8) is 0 Å². The van der Waals surface area contributed by atoms with Crippen molar-refractivity contribution >= 4 is 11.9 Å². The number of carbonyl (C=O) groups excluding carboxylic acids is 2. The Labute approximate surface area is 148 Å². The zero-order valence-corrected chi connectivity index (χ0v) is 15.3. The lowest BCUT2D eigenvalue weighted by Crippen LogP contribution is -2.49. The van der Waals surface area contributed by atoms with Crippen molar-refractivity contribution < 1.29 is 18.7 Å². The van der Waals surface area contributed by atoms with Gasteiger partial charge in [0.1, 0.15) is 11.0 Å². The van der Waals surface area contributed by atoms with Crippen LogP contribution in [0.2, 0.25) is 0 Å². The van der Waals surface area contributed by atoms with Gasteiger partial charge in [0.05, 0.1) is 6.04 Å². The topological polar surface area (TPSA) is 46.6 Å². The van der Waals surface area contributed by atoms with E-state index in [-0.39, 0.29) is 19.0 Å². The molecule has 0 spiro atoms. The number of rotatable bonds is 3. The Bertz CT molecular complexity index is 684.